The molecule has 0 spiro atoms. The molecule has 2 aromatic heterocycles. The molecule has 110 valence electrons. The molecule has 0 bridgehead atoms. The van der Waals surface area contributed by atoms with Gasteiger partial charge in [0.05, 0.1) is 11.7 Å². The number of hydrogen-bond acceptors (Lipinski definition) is 5. The Morgan fingerprint density at radius 2 is 2.25 bits per heavy atom. The minimum atomic E-state index is 0.0467. The first kappa shape index (κ1) is 14.5. The van der Waals surface area contributed by atoms with Crippen LogP contribution >= 0.6 is 0 Å². The van der Waals surface area contributed by atoms with Crippen LogP contribution in [0, 0.1) is 6.92 Å². The highest BCUT2D eigenvalue weighted by atomic mass is 16.5. The topological polar surface area (TPSA) is 69.8 Å². The molecule has 7 nitrogen and oxygen atoms in total. The number of aryl methyl sites for hydroxylation is 3. The van der Waals surface area contributed by atoms with Gasteiger partial charge in [0.15, 0.2) is 5.82 Å². The van der Waals surface area contributed by atoms with Gasteiger partial charge >= 0.3 is 0 Å². The first-order valence-electron chi connectivity index (χ1n) is 6.75. The third-order valence-corrected chi connectivity index (χ3v) is 3.12. The molecule has 0 amide bonds. The van der Waals surface area contributed by atoms with E-state index in [2.05, 4.69) is 25.1 Å². The van der Waals surface area contributed by atoms with Crippen LogP contribution in [0.25, 0.3) is 0 Å². The van der Waals surface area contributed by atoms with Crippen molar-refractivity contribution in [1.29, 1.82) is 0 Å². The van der Waals surface area contributed by atoms with Crippen LogP contribution in [0.5, 0.6) is 0 Å². The lowest BCUT2D eigenvalue weighted by atomic mass is 10.3. The molecule has 1 atom stereocenters. The zero-order chi connectivity index (χ0) is 14.5. The van der Waals surface area contributed by atoms with Crippen molar-refractivity contribution < 1.29 is 4.74 Å². The number of ether oxygens (including phenoxy) is 1. The van der Waals surface area contributed by atoms with Crippen molar-refractivity contribution in [1.82, 2.24) is 24.3 Å². The summed E-state index contributed by atoms with van der Waals surface area (Å²) in [4.78, 5) is 4.52. The summed E-state index contributed by atoms with van der Waals surface area (Å²) in [6, 6.07) is 0.0467. The number of aromatic nitrogens is 5. The predicted molar refractivity (Wildman–Crippen MR) is 76.5 cm³/mol. The van der Waals surface area contributed by atoms with Crippen LogP contribution in [0.1, 0.15) is 30.9 Å². The number of methoxy groups -OCH3 is 1. The van der Waals surface area contributed by atoms with Crippen LogP contribution in [0.2, 0.25) is 0 Å². The van der Waals surface area contributed by atoms with Crippen LogP contribution in [-0.2, 0) is 18.3 Å². The van der Waals surface area contributed by atoms with E-state index in [0.717, 1.165) is 37.0 Å². The Hall–Kier alpha value is -1.89. The Balaban J connectivity index is 2.06. The molecule has 2 aromatic rings. The maximum absolute atomic E-state index is 5.09. The lowest BCUT2D eigenvalue weighted by Gasteiger charge is -2.15. The molecule has 0 aromatic carbocycles. The smallest absolute Gasteiger partial charge is 0.203 e. The molecule has 0 fully saturated rings. The van der Waals surface area contributed by atoms with Gasteiger partial charge in [-0.1, -0.05) is 0 Å². The molecule has 2 rings (SSSR count). The van der Waals surface area contributed by atoms with Crippen molar-refractivity contribution >= 4 is 5.95 Å². The van der Waals surface area contributed by atoms with E-state index < -0.39 is 0 Å². The van der Waals surface area contributed by atoms with Crippen molar-refractivity contribution in [3.05, 3.63) is 24.0 Å². The van der Waals surface area contributed by atoms with Gasteiger partial charge in [-0.2, -0.15) is 0 Å². The van der Waals surface area contributed by atoms with Gasteiger partial charge in [-0.15, -0.1) is 10.2 Å². The summed E-state index contributed by atoms with van der Waals surface area (Å²) >= 11 is 0. The summed E-state index contributed by atoms with van der Waals surface area (Å²) in [6.45, 7) is 5.66. The highest BCUT2D eigenvalue weighted by Crippen LogP contribution is 2.17. The maximum Gasteiger partial charge on any atom is 0.203 e. The second-order valence-electron chi connectivity index (χ2n) is 4.91. The summed E-state index contributed by atoms with van der Waals surface area (Å²) in [5.74, 6) is 1.74. The van der Waals surface area contributed by atoms with Crippen molar-refractivity contribution in [2.75, 3.05) is 19.0 Å². The van der Waals surface area contributed by atoms with Gasteiger partial charge in [0.25, 0.3) is 0 Å². The maximum atomic E-state index is 5.09. The third kappa shape index (κ3) is 3.36. The van der Waals surface area contributed by atoms with E-state index in [1.165, 1.54) is 0 Å². The second-order valence-corrected chi connectivity index (χ2v) is 4.91. The lowest BCUT2D eigenvalue weighted by molar-refractivity contribution is 0.190. The van der Waals surface area contributed by atoms with Gasteiger partial charge in [-0.3, -0.25) is 0 Å². The van der Waals surface area contributed by atoms with Crippen molar-refractivity contribution in [2.45, 2.75) is 32.9 Å². The van der Waals surface area contributed by atoms with Gasteiger partial charge in [-0.05, 0) is 20.3 Å². The van der Waals surface area contributed by atoms with E-state index in [1.807, 2.05) is 31.7 Å². The van der Waals surface area contributed by atoms with E-state index >= 15 is 0 Å². The largest absolute Gasteiger partial charge is 0.385 e. The highest BCUT2D eigenvalue weighted by molar-refractivity contribution is 5.31. The van der Waals surface area contributed by atoms with E-state index in [-0.39, 0.29) is 6.04 Å². The second kappa shape index (κ2) is 6.51. The first-order chi connectivity index (χ1) is 9.61. The van der Waals surface area contributed by atoms with Crippen LogP contribution < -0.4 is 5.32 Å². The number of anilines is 1. The van der Waals surface area contributed by atoms with Gasteiger partial charge in [0.1, 0.15) is 6.33 Å². The fraction of sp³-hybridized carbons (Fsp3) is 0.615. The zero-order valence-electron chi connectivity index (χ0n) is 12.5. The summed E-state index contributed by atoms with van der Waals surface area (Å²) in [5.41, 5.74) is 0.995. The van der Waals surface area contributed by atoms with Crippen LogP contribution in [0.3, 0.4) is 0 Å². The molecule has 0 aliphatic rings. The minimum Gasteiger partial charge on any atom is -0.385 e. The average molecular weight is 278 g/mol. The van der Waals surface area contributed by atoms with Gasteiger partial charge < -0.3 is 19.2 Å². The molecule has 1 unspecified atom stereocenters. The average Bonchev–Trinajstić information content (AvgIpc) is 2.96. The molecule has 0 aliphatic heterocycles. The fourth-order valence-electron chi connectivity index (χ4n) is 2.15. The van der Waals surface area contributed by atoms with Crippen molar-refractivity contribution in [3.8, 4) is 0 Å². The SMILES string of the molecule is COCCCn1cc(C)nc1NC(C)c1nncn1C. The van der Waals surface area contributed by atoms with Gasteiger partial charge in [0, 0.05) is 33.5 Å². The van der Waals surface area contributed by atoms with Crippen molar-refractivity contribution in [3.63, 3.8) is 0 Å². The Bertz CT molecular complexity index is 547. The monoisotopic (exact) mass is 278 g/mol. The zero-order valence-corrected chi connectivity index (χ0v) is 12.5. The number of hydrogen-bond donors (Lipinski definition) is 1. The van der Waals surface area contributed by atoms with Crippen LogP contribution in [-0.4, -0.2) is 38.0 Å². The Labute approximate surface area is 119 Å². The number of nitrogens with zero attached hydrogens (tertiary/aromatic N) is 5. The normalized spacial score (nSPS) is 12.6. The van der Waals surface area contributed by atoms with Gasteiger partial charge in [0.2, 0.25) is 5.95 Å². The van der Waals surface area contributed by atoms with Crippen LogP contribution in [0.4, 0.5) is 5.95 Å². The van der Waals surface area contributed by atoms with Crippen molar-refractivity contribution in [2.24, 2.45) is 7.05 Å². The quantitative estimate of drug-likeness (QED) is 0.778. The van der Waals surface area contributed by atoms with E-state index in [9.17, 15) is 0 Å². The third-order valence-electron chi connectivity index (χ3n) is 3.12. The summed E-state index contributed by atoms with van der Waals surface area (Å²) in [6.07, 6.45) is 4.70. The molecular weight excluding hydrogens is 256 g/mol. The Morgan fingerprint density at radius 1 is 1.45 bits per heavy atom. The molecule has 2 heterocycles. The highest BCUT2D eigenvalue weighted by Gasteiger charge is 2.14. The van der Waals surface area contributed by atoms with Crippen LogP contribution in [0.15, 0.2) is 12.5 Å². The Kier molecular flexibility index (Phi) is 4.73. The molecular formula is C13H22N6O. The van der Waals surface area contributed by atoms with E-state index in [1.54, 1.807) is 13.4 Å². The molecule has 20 heavy (non-hydrogen) atoms. The number of nitrogens with one attached hydrogen (secondary N) is 1. The number of imidazole rings is 1. The summed E-state index contributed by atoms with van der Waals surface area (Å²) in [5, 5.41) is 11.4. The summed E-state index contributed by atoms with van der Waals surface area (Å²) in [7, 11) is 3.65. The van der Waals surface area contributed by atoms with E-state index in [4.69, 9.17) is 4.74 Å². The standard InChI is InChI=1S/C13H22N6O/c1-10-8-19(6-5-7-20-4)13(15-10)16-11(2)12-17-14-9-18(12)3/h8-9,11H,5-7H2,1-4H3,(H,15,16). The molecule has 7 heteroatoms. The molecule has 1 N–H and O–H groups in total. The lowest BCUT2D eigenvalue weighted by Crippen LogP contribution is -2.15. The van der Waals surface area contributed by atoms with Gasteiger partial charge in [-0.25, -0.2) is 4.98 Å². The molecule has 0 saturated heterocycles. The fourth-order valence-corrected chi connectivity index (χ4v) is 2.15. The molecule has 0 aliphatic carbocycles. The first-order valence-corrected chi connectivity index (χ1v) is 6.75. The number of rotatable bonds is 7. The predicted octanol–water partition coefficient (Wildman–Crippen LogP) is 1.53. The summed E-state index contributed by atoms with van der Waals surface area (Å²) < 4.78 is 9.11. The molecule has 0 radical (unpaired) electrons. The minimum absolute atomic E-state index is 0.0467. The Morgan fingerprint density at radius 3 is 2.90 bits per heavy atom. The van der Waals surface area contributed by atoms with E-state index in [0.29, 0.717) is 0 Å². The molecule has 0 saturated carbocycles.